The van der Waals surface area contributed by atoms with Crippen LogP contribution in [0.15, 0.2) is 11.4 Å². The number of hydrogen-bond acceptors (Lipinski definition) is 4. The van der Waals surface area contributed by atoms with E-state index in [1.165, 1.54) is 30.6 Å². The molecular weight excluding hydrogens is 282 g/mol. The molecule has 1 amide bonds. The van der Waals surface area contributed by atoms with Gasteiger partial charge in [-0.3, -0.25) is 9.69 Å². The predicted molar refractivity (Wildman–Crippen MR) is 82.9 cm³/mol. The first-order valence-corrected chi connectivity index (χ1v) is 8.54. The standard InChI is InChI=1S/C16H21N3OS/c1-12(20)19(14-4-5-14)9-15-3-2-6-18(15)10-16-7-13(8-17)11-21-16/h7,11,14-15H,2-6,9-10H2,1H3/t15-/m0/s1. The molecule has 0 aromatic carbocycles. The third-order valence-corrected chi connectivity index (χ3v) is 5.36. The van der Waals surface area contributed by atoms with E-state index in [2.05, 4.69) is 15.9 Å². The maximum Gasteiger partial charge on any atom is 0.219 e. The summed E-state index contributed by atoms with van der Waals surface area (Å²) >= 11 is 1.66. The third kappa shape index (κ3) is 3.45. The fourth-order valence-electron chi connectivity index (χ4n) is 3.18. The second kappa shape index (κ2) is 6.17. The lowest BCUT2D eigenvalue weighted by atomic mass is 10.2. The van der Waals surface area contributed by atoms with Crippen LogP contribution in [-0.4, -0.2) is 40.9 Å². The topological polar surface area (TPSA) is 47.3 Å². The van der Waals surface area contributed by atoms with E-state index >= 15 is 0 Å². The molecule has 5 heteroatoms. The van der Waals surface area contributed by atoms with E-state index in [-0.39, 0.29) is 5.91 Å². The van der Waals surface area contributed by atoms with Gasteiger partial charge in [-0.05, 0) is 38.3 Å². The normalized spacial score (nSPS) is 22.2. The lowest BCUT2D eigenvalue weighted by Gasteiger charge is -2.30. The van der Waals surface area contributed by atoms with Crippen LogP contribution in [0.2, 0.25) is 0 Å². The highest BCUT2D eigenvalue weighted by Crippen LogP contribution is 2.30. The number of nitriles is 1. The zero-order valence-electron chi connectivity index (χ0n) is 12.4. The fourth-order valence-corrected chi connectivity index (χ4v) is 4.01. The Morgan fingerprint density at radius 2 is 2.33 bits per heavy atom. The minimum Gasteiger partial charge on any atom is -0.338 e. The van der Waals surface area contributed by atoms with E-state index in [9.17, 15) is 4.79 Å². The molecule has 112 valence electrons. The molecule has 1 aromatic heterocycles. The molecule has 1 atom stereocenters. The molecule has 0 unspecified atom stereocenters. The monoisotopic (exact) mass is 303 g/mol. The average Bonchev–Trinajstić information content (AvgIpc) is 3.04. The van der Waals surface area contributed by atoms with Crippen molar-refractivity contribution < 1.29 is 4.79 Å². The summed E-state index contributed by atoms with van der Waals surface area (Å²) in [6.07, 6.45) is 4.72. The van der Waals surface area contributed by atoms with Gasteiger partial charge in [0.15, 0.2) is 0 Å². The zero-order chi connectivity index (χ0) is 14.8. The predicted octanol–water partition coefficient (Wildman–Crippen LogP) is 2.60. The molecule has 0 spiro atoms. The lowest BCUT2D eigenvalue weighted by Crippen LogP contribution is -2.43. The van der Waals surface area contributed by atoms with Crippen molar-refractivity contribution in [2.75, 3.05) is 13.1 Å². The number of nitrogens with zero attached hydrogens (tertiary/aromatic N) is 3. The minimum absolute atomic E-state index is 0.215. The maximum atomic E-state index is 11.8. The number of hydrogen-bond donors (Lipinski definition) is 0. The first kappa shape index (κ1) is 14.6. The van der Waals surface area contributed by atoms with Crippen LogP contribution >= 0.6 is 11.3 Å². The highest BCUT2D eigenvalue weighted by molar-refractivity contribution is 7.10. The number of amides is 1. The maximum absolute atomic E-state index is 11.8. The van der Waals surface area contributed by atoms with E-state index in [0.29, 0.717) is 12.1 Å². The molecular formula is C16H21N3OS. The Morgan fingerprint density at radius 1 is 1.52 bits per heavy atom. The molecule has 21 heavy (non-hydrogen) atoms. The molecule has 1 aromatic rings. The molecule has 3 rings (SSSR count). The average molecular weight is 303 g/mol. The molecule has 2 fully saturated rings. The van der Waals surface area contributed by atoms with Crippen molar-refractivity contribution in [3.05, 3.63) is 21.9 Å². The number of carbonyl (C=O) groups excluding carboxylic acids is 1. The van der Waals surface area contributed by atoms with Crippen LogP contribution in [0.4, 0.5) is 0 Å². The van der Waals surface area contributed by atoms with Gasteiger partial charge in [-0.2, -0.15) is 5.26 Å². The Hall–Kier alpha value is -1.38. The van der Waals surface area contributed by atoms with Gasteiger partial charge in [-0.1, -0.05) is 0 Å². The van der Waals surface area contributed by atoms with E-state index in [1.807, 2.05) is 11.4 Å². The minimum atomic E-state index is 0.215. The molecule has 1 saturated carbocycles. The van der Waals surface area contributed by atoms with E-state index in [1.54, 1.807) is 18.3 Å². The van der Waals surface area contributed by atoms with Crippen LogP contribution in [-0.2, 0) is 11.3 Å². The van der Waals surface area contributed by atoms with Gasteiger partial charge in [0.1, 0.15) is 6.07 Å². The van der Waals surface area contributed by atoms with Crippen molar-refractivity contribution in [3.63, 3.8) is 0 Å². The molecule has 1 aliphatic heterocycles. The smallest absolute Gasteiger partial charge is 0.219 e. The van der Waals surface area contributed by atoms with E-state index < -0.39 is 0 Å². The fraction of sp³-hybridized carbons (Fsp3) is 0.625. The Kier molecular flexibility index (Phi) is 4.27. The van der Waals surface area contributed by atoms with Gasteiger partial charge in [-0.15, -0.1) is 11.3 Å². The number of thiophene rings is 1. The number of rotatable bonds is 5. The van der Waals surface area contributed by atoms with Crippen molar-refractivity contribution in [1.29, 1.82) is 5.26 Å². The molecule has 2 heterocycles. The summed E-state index contributed by atoms with van der Waals surface area (Å²) in [6.45, 7) is 4.57. The first-order valence-electron chi connectivity index (χ1n) is 7.66. The van der Waals surface area contributed by atoms with Gasteiger partial charge < -0.3 is 4.90 Å². The summed E-state index contributed by atoms with van der Waals surface area (Å²) in [6, 6.07) is 5.15. The van der Waals surface area contributed by atoms with Crippen molar-refractivity contribution in [2.24, 2.45) is 0 Å². The Balaban J connectivity index is 1.62. The molecule has 0 N–H and O–H groups in total. The van der Waals surface area contributed by atoms with Crippen molar-refractivity contribution in [3.8, 4) is 6.07 Å². The lowest BCUT2D eigenvalue weighted by molar-refractivity contribution is -0.130. The molecule has 0 bridgehead atoms. The van der Waals surface area contributed by atoms with Crippen LogP contribution in [0.1, 0.15) is 43.0 Å². The van der Waals surface area contributed by atoms with Gasteiger partial charge >= 0.3 is 0 Å². The summed E-state index contributed by atoms with van der Waals surface area (Å²) in [7, 11) is 0. The second-order valence-corrected chi connectivity index (χ2v) is 7.08. The zero-order valence-corrected chi connectivity index (χ0v) is 13.2. The van der Waals surface area contributed by atoms with Gasteiger partial charge in [0, 0.05) is 42.4 Å². The van der Waals surface area contributed by atoms with E-state index in [4.69, 9.17) is 5.26 Å². The van der Waals surface area contributed by atoms with Gasteiger partial charge in [0.25, 0.3) is 0 Å². The quantitative estimate of drug-likeness (QED) is 0.840. The number of carbonyl (C=O) groups is 1. The van der Waals surface area contributed by atoms with Crippen LogP contribution < -0.4 is 0 Å². The Morgan fingerprint density at radius 3 is 2.95 bits per heavy atom. The van der Waals surface area contributed by atoms with Gasteiger partial charge in [0.05, 0.1) is 5.56 Å². The summed E-state index contributed by atoms with van der Waals surface area (Å²) < 4.78 is 0. The largest absolute Gasteiger partial charge is 0.338 e. The van der Waals surface area contributed by atoms with E-state index in [0.717, 1.165) is 25.2 Å². The van der Waals surface area contributed by atoms with Gasteiger partial charge in [0.2, 0.25) is 5.91 Å². The van der Waals surface area contributed by atoms with Crippen molar-refractivity contribution in [2.45, 2.75) is 51.2 Å². The van der Waals surface area contributed by atoms with Crippen LogP contribution in [0.5, 0.6) is 0 Å². The molecule has 4 nitrogen and oxygen atoms in total. The van der Waals surface area contributed by atoms with Gasteiger partial charge in [-0.25, -0.2) is 0 Å². The highest BCUT2D eigenvalue weighted by atomic mass is 32.1. The third-order valence-electron chi connectivity index (χ3n) is 4.44. The van der Waals surface area contributed by atoms with Crippen molar-refractivity contribution >= 4 is 17.2 Å². The summed E-state index contributed by atoms with van der Waals surface area (Å²) in [4.78, 5) is 17.6. The first-order chi connectivity index (χ1) is 10.2. The SMILES string of the molecule is CC(=O)N(C[C@@H]1CCCN1Cc1cc(C#N)cs1)C1CC1. The number of likely N-dealkylation sites (tertiary alicyclic amines) is 1. The summed E-state index contributed by atoms with van der Waals surface area (Å²) in [5.41, 5.74) is 0.758. The van der Waals surface area contributed by atoms with Crippen LogP contribution in [0.3, 0.4) is 0 Å². The van der Waals surface area contributed by atoms with Crippen LogP contribution in [0, 0.1) is 11.3 Å². The van der Waals surface area contributed by atoms with Crippen molar-refractivity contribution in [1.82, 2.24) is 9.80 Å². The molecule has 1 aliphatic carbocycles. The highest BCUT2D eigenvalue weighted by Gasteiger charge is 2.35. The Bertz CT molecular complexity index is 558. The Labute approximate surface area is 130 Å². The summed E-state index contributed by atoms with van der Waals surface area (Å²) in [5, 5.41) is 10.8. The molecule has 2 aliphatic rings. The second-order valence-electron chi connectivity index (χ2n) is 6.08. The van der Waals surface area contributed by atoms with Crippen LogP contribution in [0.25, 0.3) is 0 Å². The molecule has 0 radical (unpaired) electrons. The molecule has 1 saturated heterocycles. The summed E-state index contributed by atoms with van der Waals surface area (Å²) in [5.74, 6) is 0.215.